The summed E-state index contributed by atoms with van der Waals surface area (Å²) in [4.78, 5) is 17.4. The van der Waals surface area contributed by atoms with E-state index in [4.69, 9.17) is 0 Å². The van der Waals surface area contributed by atoms with E-state index < -0.39 is 11.9 Å². The summed E-state index contributed by atoms with van der Waals surface area (Å²) < 4.78 is 28.0. The van der Waals surface area contributed by atoms with Crippen molar-refractivity contribution < 1.29 is 18.7 Å². The molecule has 2 saturated carbocycles. The second-order valence-electron chi connectivity index (χ2n) is 11.3. The number of hydrogen-bond donors (Lipinski definition) is 2. The van der Waals surface area contributed by atoms with E-state index in [0.29, 0.717) is 12.3 Å². The number of aryl methyl sites for hydroxylation is 2. The van der Waals surface area contributed by atoms with E-state index in [1.165, 1.54) is 40.4 Å². The van der Waals surface area contributed by atoms with Gasteiger partial charge in [-0.05, 0) is 103 Å². The fourth-order valence-electron chi connectivity index (χ4n) is 6.86. The van der Waals surface area contributed by atoms with Crippen LogP contribution in [0.3, 0.4) is 0 Å². The molecule has 0 unspecified atom stereocenters. The maximum absolute atomic E-state index is 14.0. The highest BCUT2D eigenvalue weighted by Gasteiger charge is 2.58. The van der Waals surface area contributed by atoms with Crippen molar-refractivity contribution in [1.82, 2.24) is 9.88 Å². The fraction of sp³-hybridized carbons (Fsp3) is 0.483. The molecule has 4 nitrogen and oxygen atoms in total. The topological polar surface area (TPSA) is 56.3 Å². The molecule has 1 atom stereocenters. The summed E-state index contributed by atoms with van der Waals surface area (Å²) in [5.41, 5.74) is 7.16. The number of piperidine rings is 1. The van der Waals surface area contributed by atoms with Gasteiger partial charge in [0.05, 0.1) is 5.56 Å². The first-order valence-electron chi connectivity index (χ1n) is 12.7. The zero-order valence-electron chi connectivity index (χ0n) is 20.3. The molecule has 3 aliphatic rings. The molecule has 6 heteroatoms. The lowest BCUT2D eigenvalue weighted by Crippen LogP contribution is -2.53. The normalized spacial score (nSPS) is 23.5. The minimum absolute atomic E-state index is 0.00922. The van der Waals surface area contributed by atoms with Gasteiger partial charge in [-0.15, -0.1) is 0 Å². The van der Waals surface area contributed by atoms with Crippen molar-refractivity contribution in [3.05, 3.63) is 69.9 Å². The summed E-state index contributed by atoms with van der Waals surface area (Å²) in [5, 5.41) is 10.7. The lowest BCUT2D eigenvalue weighted by molar-refractivity contribution is -0.186. The predicted molar refractivity (Wildman–Crippen MR) is 132 cm³/mol. The molecule has 2 aliphatic carbocycles. The number of likely N-dealkylation sites (tertiary alicyclic amines) is 1. The van der Waals surface area contributed by atoms with E-state index in [2.05, 4.69) is 28.9 Å². The molecule has 2 heterocycles. The van der Waals surface area contributed by atoms with E-state index in [-0.39, 0.29) is 29.9 Å². The highest BCUT2D eigenvalue weighted by atomic mass is 19.3. The minimum atomic E-state index is -2.55. The van der Waals surface area contributed by atoms with Crippen molar-refractivity contribution in [3.8, 4) is 0 Å². The van der Waals surface area contributed by atoms with Crippen molar-refractivity contribution in [1.29, 1.82) is 0 Å². The predicted octanol–water partition coefficient (Wildman–Crippen LogP) is 7.11. The molecule has 184 valence electrons. The van der Waals surface area contributed by atoms with Gasteiger partial charge in [0.2, 0.25) is 5.92 Å². The number of nitrogens with zero attached hydrogens (tertiary/aromatic N) is 1. The first-order valence-corrected chi connectivity index (χ1v) is 12.7. The first-order chi connectivity index (χ1) is 16.6. The number of alkyl halides is 2. The standard InChI is InChI=1S/C29H32F2N2O2/c1-17-11-20(27(34)35)5-6-21(17)25-13-28(15-29(30,31)16-28)8-10-33(25)14-24-22-7-9-32-26(22)18(2)12-23(24)19-3-4-19/h5-7,9,11-12,19,25,32H,3-4,8,10,13-16H2,1-2H3,(H,34,35)/t25-/m0/s1. The van der Waals surface area contributed by atoms with E-state index >= 15 is 0 Å². The fourth-order valence-corrected chi connectivity index (χ4v) is 6.86. The Kier molecular flexibility index (Phi) is 5.12. The molecule has 0 radical (unpaired) electrons. The minimum Gasteiger partial charge on any atom is -0.478 e. The molecular formula is C29H32F2N2O2. The van der Waals surface area contributed by atoms with E-state index in [1.807, 2.05) is 19.2 Å². The van der Waals surface area contributed by atoms with Gasteiger partial charge in [0.1, 0.15) is 0 Å². The summed E-state index contributed by atoms with van der Waals surface area (Å²) in [5.74, 6) is -2.89. The zero-order chi connectivity index (χ0) is 24.5. The van der Waals surface area contributed by atoms with Gasteiger partial charge in [0.25, 0.3) is 0 Å². The Hall–Kier alpha value is -2.73. The molecule has 2 N–H and O–H groups in total. The summed E-state index contributed by atoms with van der Waals surface area (Å²) >= 11 is 0. The van der Waals surface area contributed by atoms with Crippen molar-refractivity contribution >= 4 is 16.9 Å². The van der Waals surface area contributed by atoms with Crippen LogP contribution >= 0.6 is 0 Å². The van der Waals surface area contributed by atoms with E-state index in [0.717, 1.165) is 30.6 Å². The second-order valence-corrected chi connectivity index (χ2v) is 11.3. The van der Waals surface area contributed by atoms with Crippen LogP contribution in [0, 0.1) is 19.3 Å². The maximum Gasteiger partial charge on any atom is 0.335 e. The molecule has 1 spiro atoms. The quantitative estimate of drug-likeness (QED) is 0.411. The highest BCUT2D eigenvalue weighted by Crippen LogP contribution is 2.61. The van der Waals surface area contributed by atoms with Crippen molar-refractivity contribution in [3.63, 3.8) is 0 Å². The molecule has 0 amide bonds. The summed E-state index contributed by atoms with van der Waals surface area (Å²) in [6.45, 7) is 5.65. The van der Waals surface area contributed by atoms with Crippen LogP contribution in [-0.4, -0.2) is 33.4 Å². The lowest BCUT2D eigenvalue weighted by Gasteiger charge is -2.55. The maximum atomic E-state index is 14.0. The molecule has 35 heavy (non-hydrogen) atoms. The van der Waals surface area contributed by atoms with Crippen molar-refractivity contribution in [2.24, 2.45) is 5.41 Å². The average molecular weight is 479 g/mol. The van der Waals surface area contributed by atoms with Gasteiger partial charge in [0, 0.05) is 42.5 Å². The molecule has 1 saturated heterocycles. The number of aromatic amines is 1. The van der Waals surface area contributed by atoms with Crippen LogP contribution < -0.4 is 0 Å². The number of carbonyl (C=O) groups is 1. The monoisotopic (exact) mass is 478 g/mol. The van der Waals surface area contributed by atoms with Gasteiger partial charge in [-0.3, -0.25) is 4.90 Å². The third-order valence-electron chi connectivity index (χ3n) is 8.70. The Morgan fingerprint density at radius 3 is 2.54 bits per heavy atom. The number of nitrogens with one attached hydrogen (secondary N) is 1. The van der Waals surface area contributed by atoms with E-state index in [1.54, 1.807) is 12.1 Å². The summed E-state index contributed by atoms with van der Waals surface area (Å²) in [6.07, 6.45) is 5.86. The number of hydrogen-bond acceptors (Lipinski definition) is 2. The van der Waals surface area contributed by atoms with Gasteiger partial charge < -0.3 is 10.1 Å². The molecule has 3 fully saturated rings. The van der Waals surface area contributed by atoms with Gasteiger partial charge >= 0.3 is 5.97 Å². The Balaban J connectivity index is 1.39. The van der Waals surface area contributed by atoms with Crippen LogP contribution in [0.25, 0.3) is 10.9 Å². The largest absolute Gasteiger partial charge is 0.478 e. The van der Waals surface area contributed by atoms with Crippen LogP contribution in [-0.2, 0) is 6.54 Å². The van der Waals surface area contributed by atoms with Crippen LogP contribution in [0.1, 0.15) is 88.7 Å². The number of halogens is 2. The van der Waals surface area contributed by atoms with Gasteiger partial charge in [-0.1, -0.05) is 12.1 Å². The Morgan fingerprint density at radius 2 is 1.89 bits per heavy atom. The molecule has 6 rings (SSSR count). The van der Waals surface area contributed by atoms with E-state index in [9.17, 15) is 18.7 Å². The van der Waals surface area contributed by atoms with Crippen molar-refractivity contribution in [2.45, 2.75) is 76.8 Å². The number of rotatable bonds is 5. The molecule has 1 aliphatic heterocycles. The van der Waals surface area contributed by atoms with Crippen LogP contribution in [0.15, 0.2) is 36.5 Å². The average Bonchev–Trinajstić information content (AvgIpc) is 3.50. The summed E-state index contributed by atoms with van der Waals surface area (Å²) in [7, 11) is 0. The number of fused-ring (bicyclic) bond motifs is 1. The number of carboxylic acid groups (broad SMARTS) is 1. The second kappa shape index (κ2) is 7.89. The molecule has 2 aromatic carbocycles. The van der Waals surface area contributed by atoms with Crippen molar-refractivity contribution in [2.75, 3.05) is 6.54 Å². The first kappa shape index (κ1) is 22.7. The molecular weight excluding hydrogens is 446 g/mol. The lowest BCUT2D eigenvalue weighted by atomic mass is 9.58. The number of benzene rings is 2. The third-order valence-corrected chi connectivity index (χ3v) is 8.70. The molecule has 0 bridgehead atoms. The van der Waals surface area contributed by atoms with Crippen LogP contribution in [0.2, 0.25) is 0 Å². The Morgan fingerprint density at radius 1 is 1.11 bits per heavy atom. The SMILES string of the molecule is Cc1cc(C(=O)O)ccc1[C@@H]1CC2(CCN1Cc1c(C3CC3)cc(C)c3[nH]ccc13)CC(F)(F)C2. The number of carboxylic acids is 1. The zero-order valence-corrected chi connectivity index (χ0v) is 20.3. The van der Waals surface area contributed by atoms with Crippen LogP contribution in [0.4, 0.5) is 8.78 Å². The third kappa shape index (κ3) is 3.96. The molecule has 3 aromatic rings. The number of aromatic carboxylic acids is 1. The Bertz CT molecular complexity index is 1320. The molecule has 1 aromatic heterocycles. The highest BCUT2D eigenvalue weighted by molar-refractivity contribution is 5.88. The summed E-state index contributed by atoms with van der Waals surface area (Å²) in [6, 6.07) is 9.79. The number of H-pyrrole nitrogens is 1. The van der Waals surface area contributed by atoms with Gasteiger partial charge in [-0.2, -0.15) is 0 Å². The van der Waals surface area contributed by atoms with Gasteiger partial charge in [-0.25, -0.2) is 13.6 Å². The Labute approximate surface area is 204 Å². The van der Waals surface area contributed by atoms with Gasteiger partial charge in [0.15, 0.2) is 0 Å². The smallest absolute Gasteiger partial charge is 0.335 e. The number of aromatic nitrogens is 1. The van der Waals surface area contributed by atoms with Crippen LogP contribution in [0.5, 0.6) is 0 Å².